The van der Waals surface area contributed by atoms with Gasteiger partial charge in [-0.25, -0.2) is 18.2 Å². The van der Waals surface area contributed by atoms with E-state index < -0.39 is 44.9 Å². The molecule has 0 spiro atoms. The number of nitrogens with zero attached hydrogens (tertiary/aromatic N) is 4. The molecule has 2 aliphatic rings. The number of benzene rings is 2. The number of anilines is 2. The Morgan fingerprint density at radius 1 is 0.927 bits per heavy atom. The number of para-hydroxylation sites is 1. The Hall–Kier alpha value is -3.55. The van der Waals surface area contributed by atoms with Crippen molar-refractivity contribution in [2.75, 3.05) is 42.5 Å². The molecule has 41 heavy (non-hydrogen) atoms. The third kappa shape index (κ3) is 4.85. The molecule has 216 valence electrons. The second-order valence-corrected chi connectivity index (χ2v) is 12.3. The summed E-state index contributed by atoms with van der Waals surface area (Å²) < 4.78 is 69.6. The molecule has 3 amide bonds. The van der Waals surface area contributed by atoms with Crippen LogP contribution in [0.1, 0.15) is 5.56 Å². The van der Waals surface area contributed by atoms with Crippen molar-refractivity contribution < 1.29 is 31.2 Å². The molecule has 0 radical (unpaired) electrons. The van der Waals surface area contributed by atoms with Crippen LogP contribution >= 0.6 is 23.2 Å². The fourth-order valence-electron chi connectivity index (χ4n) is 5.04. The summed E-state index contributed by atoms with van der Waals surface area (Å²) in [4.78, 5) is 32.0. The maximum atomic E-state index is 14.4. The first-order valence-electron chi connectivity index (χ1n) is 12.3. The van der Waals surface area contributed by atoms with Crippen molar-refractivity contribution in [2.24, 2.45) is 0 Å². The second kappa shape index (κ2) is 10.7. The standard InChI is InChI=1S/C26H22Cl2F3N5O4S/c27-18-7-1-3-9-20(18)36-24(38)33-16-25(36,41(39,40)21-10-4-2-8-19(21)28)23(37)35-14-12-34(13-15-35)22-17(26(29,30)31)6-5-11-32-22/h1-11H,12-16H2,(H,33,38)/t25-/m0/s1. The molecular weight excluding hydrogens is 606 g/mol. The van der Waals surface area contributed by atoms with Crippen LogP contribution in [0, 0.1) is 0 Å². The van der Waals surface area contributed by atoms with E-state index in [2.05, 4.69) is 10.3 Å². The van der Waals surface area contributed by atoms with Crippen LogP contribution in [0.4, 0.5) is 29.5 Å². The first kappa shape index (κ1) is 29.0. The SMILES string of the molecule is O=C1NC[C@@](C(=O)N2CCN(c3ncccc3C(F)(F)F)CC2)(S(=O)(=O)c2ccccc2Cl)N1c1ccccc1Cl. The van der Waals surface area contributed by atoms with Crippen molar-refractivity contribution in [1.82, 2.24) is 15.2 Å². The molecule has 1 N–H and O–H groups in total. The van der Waals surface area contributed by atoms with Crippen molar-refractivity contribution >= 4 is 56.5 Å². The van der Waals surface area contributed by atoms with Crippen molar-refractivity contribution in [1.29, 1.82) is 0 Å². The number of urea groups is 1. The van der Waals surface area contributed by atoms with Gasteiger partial charge in [-0.05, 0) is 36.4 Å². The van der Waals surface area contributed by atoms with Crippen LogP contribution in [0.25, 0.3) is 0 Å². The van der Waals surface area contributed by atoms with Gasteiger partial charge in [-0.2, -0.15) is 13.2 Å². The number of alkyl halides is 3. The normalized spacial score (nSPS) is 19.8. The monoisotopic (exact) mass is 627 g/mol. The van der Waals surface area contributed by atoms with Crippen molar-refractivity contribution in [3.8, 4) is 0 Å². The summed E-state index contributed by atoms with van der Waals surface area (Å²) in [5.74, 6) is -1.24. The number of hydrogen-bond acceptors (Lipinski definition) is 6. The zero-order chi connectivity index (χ0) is 29.6. The molecule has 5 rings (SSSR count). The third-order valence-electron chi connectivity index (χ3n) is 7.00. The minimum atomic E-state index is -4.73. The zero-order valence-corrected chi connectivity index (χ0v) is 23.4. The first-order valence-corrected chi connectivity index (χ1v) is 14.5. The number of nitrogens with one attached hydrogen (secondary N) is 1. The van der Waals surface area contributed by atoms with Crippen LogP contribution in [0.15, 0.2) is 71.8 Å². The molecule has 2 aliphatic heterocycles. The Balaban J connectivity index is 1.56. The number of halogens is 5. The largest absolute Gasteiger partial charge is 0.419 e. The summed E-state index contributed by atoms with van der Waals surface area (Å²) in [6.07, 6.45) is -3.40. The average molecular weight is 628 g/mol. The summed E-state index contributed by atoms with van der Waals surface area (Å²) in [5.41, 5.74) is -0.942. The Morgan fingerprint density at radius 3 is 2.20 bits per heavy atom. The molecule has 9 nitrogen and oxygen atoms in total. The maximum Gasteiger partial charge on any atom is 0.419 e. The van der Waals surface area contributed by atoms with Gasteiger partial charge in [0.05, 0.1) is 32.7 Å². The van der Waals surface area contributed by atoms with Gasteiger partial charge in [-0.1, -0.05) is 47.5 Å². The Labute approximate surface area is 243 Å². The minimum Gasteiger partial charge on any atom is -0.353 e. The predicted molar refractivity (Wildman–Crippen MR) is 147 cm³/mol. The van der Waals surface area contributed by atoms with E-state index in [9.17, 15) is 31.2 Å². The van der Waals surface area contributed by atoms with E-state index in [1.165, 1.54) is 64.5 Å². The summed E-state index contributed by atoms with van der Waals surface area (Å²) in [6, 6.07) is 12.7. The lowest BCUT2D eigenvalue weighted by atomic mass is 10.1. The lowest BCUT2D eigenvalue weighted by molar-refractivity contribution is -0.138. The van der Waals surface area contributed by atoms with Crippen LogP contribution in [0.3, 0.4) is 0 Å². The Kier molecular flexibility index (Phi) is 7.55. The number of hydrogen-bond donors (Lipinski definition) is 1. The van der Waals surface area contributed by atoms with E-state index in [1.807, 2.05) is 0 Å². The highest BCUT2D eigenvalue weighted by atomic mass is 35.5. The molecule has 3 heterocycles. The van der Waals surface area contributed by atoms with Crippen LogP contribution in [-0.4, -0.2) is 67.8 Å². The van der Waals surface area contributed by atoms with Gasteiger partial charge < -0.3 is 15.1 Å². The molecule has 1 atom stereocenters. The van der Waals surface area contributed by atoms with Gasteiger partial charge in [0.1, 0.15) is 5.82 Å². The molecule has 2 fully saturated rings. The van der Waals surface area contributed by atoms with E-state index in [0.717, 1.165) is 11.0 Å². The second-order valence-electron chi connectivity index (χ2n) is 9.32. The first-order chi connectivity index (χ1) is 19.4. The van der Waals surface area contributed by atoms with E-state index in [-0.39, 0.29) is 52.6 Å². The number of sulfone groups is 1. The molecule has 1 aromatic heterocycles. The van der Waals surface area contributed by atoms with E-state index in [1.54, 1.807) is 6.07 Å². The number of aromatic nitrogens is 1. The van der Waals surface area contributed by atoms with Gasteiger partial charge in [0.25, 0.3) is 10.8 Å². The average Bonchev–Trinajstić information content (AvgIpc) is 3.31. The summed E-state index contributed by atoms with van der Waals surface area (Å²) in [6.45, 7) is -1.04. The van der Waals surface area contributed by atoms with Crippen molar-refractivity contribution in [2.45, 2.75) is 15.9 Å². The number of amides is 3. The lowest BCUT2D eigenvalue weighted by Crippen LogP contribution is -2.66. The maximum absolute atomic E-state index is 14.4. The van der Waals surface area contributed by atoms with Gasteiger partial charge in [0.15, 0.2) is 0 Å². The molecule has 15 heteroatoms. The molecule has 0 saturated carbocycles. The van der Waals surface area contributed by atoms with E-state index in [4.69, 9.17) is 23.2 Å². The highest BCUT2D eigenvalue weighted by Crippen LogP contribution is 2.42. The van der Waals surface area contributed by atoms with Gasteiger partial charge >= 0.3 is 12.2 Å². The van der Waals surface area contributed by atoms with Crippen LogP contribution in [-0.2, 0) is 20.8 Å². The number of carbonyl (C=O) groups is 2. The summed E-state index contributed by atoms with van der Waals surface area (Å²) >= 11 is 12.7. The van der Waals surface area contributed by atoms with Crippen molar-refractivity contribution in [3.63, 3.8) is 0 Å². The molecule has 2 saturated heterocycles. The molecule has 0 bridgehead atoms. The quantitative estimate of drug-likeness (QED) is 0.448. The highest BCUT2D eigenvalue weighted by Gasteiger charge is 2.64. The number of carbonyl (C=O) groups excluding carboxylic acids is 2. The van der Waals surface area contributed by atoms with Crippen LogP contribution in [0.5, 0.6) is 0 Å². The van der Waals surface area contributed by atoms with Gasteiger partial charge in [0, 0.05) is 32.4 Å². The summed E-state index contributed by atoms with van der Waals surface area (Å²) in [7, 11) is -4.73. The smallest absolute Gasteiger partial charge is 0.353 e. The summed E-state index contributed by atoms with van der Waals surface area (Å²) in [5, 5.41) is 2.34. The van der Waals surface area contributed by atoms with Crippen LogP contribution in [0.2, 0.25) is 10.0 Å². The van der Waals surface area contributed by atoms with Gasteiger partial charge in [-0.3, -0.25) is 9.69 Å². The minimum absolute atomic E-state index is 0.0184. The number of pyridine rings is 1. The fraction of sp³-hybridized carbons (Fsp3) is 0.269. The number of rotatable bonds is 5. The molecule has 2 aromatic carbocycles. The Morgan fingerprint density at radius 2 is 1.56 bits per heavy atom. The lowest BCUT2D eigenvalue weighted by Gasteiger charge is -2.42. The Bertz CT molecular complexity index is 1620. The van der Waals surface area contributed by atoms with Crippen LogP contribution < -0.4 is 15.1 Å². The fourth-order valence-corrected chi connectivity index (χ4v) is 7.69. The van der Waals surface area contributed by atoms with E-state index >= 15 is 0 Å². The molecule has 0 unspecified atom stereocenters. The predicted octanol–water partition coefficient (Wildman–Crippen LogP) is 4.46. The molecular formula is C26H22Cl2F3N5O4S. The van der Waals surface area contributed by atoms with Gasteiger partial charge in [-0.15, -0.1) is 0 Å². The molecule has 0 aliphatic carbocycles. The number of piperazine rings is 1. The topological polar surface area (TPSA) is 103 Å². The van der Waals surface area contributed by atoms with Gasteiger partial charge in [0.2, 0.25) is 9.84 Å². The van der Waals surface area contributed by atoms with E-state index in [0.29, 0.717) is 0 Å². The zero-order valence-electron chi connectivity index (χ0n) is 21.1. The molecule has 3 aromatic rings. The van der Waals surface area contributed by atoms with Crippen molar-refractivity contribution in [3.05, 3.63) is 82.5 Å². The highest BCUT2D eigenvalue weighted by molar-refractivity contribution is 7.94. The third-order valence-corrected chi connectivity index (χ3v) is 10.1.